The molecule has 4 heteroatoms. The van der Waals surface area contributed by atoms with Gasteiger partial charge >= 0.3 is 0 Å². The fourth-order valence-electron chi connectivity index (χ4n) is 3.15. The van der Waals surface area contributed by atoms with E-state index in [1.54, 1.807) is 0 Å². The topological polar surface area (TPSA) is 41.1 Å². The molecule has 1 amide bonds. The van der Waals surface area contributed by atoms with Crippen LogP contribution in [0.3, 0.4) is 0 Å². The molecular formula is C14H26N2OS. The summed E-state index contributed by atoms with van der Waals surface area (Å²) >= 11 is 2.01. The van der Waals surface area contributed by atoms with Gasteiger partial charge in [-0.05, 0) is 50.2 Å². The standard InChI is InChI=1S/C14H26N2OS/c1-2-6-14(7-3-8-15-11-14)13(17)16-12-4-9-18-10-5-12/h12,15H,2-11H2,1H3,(H,16,17). The number of nitrogens with one attached hydrogen (secondary N) is 2. The molecule has 0 radical (unpaired) electrons. The van der Waals surface area contributed by atoms with Gasteiger partial charge in [-0.2, -0.15) is 11.8 Å². The van der Waals surface area contributed by atoms with Crippen molar-refractivity contribution in [3.63, 3.8) is 0 Å². The lowest BCUT2D eigenvalue weighted by atomic mass is 9.76. The van der Waals surface area contributed by atoms with Gasteiger partial charge in [-0.3, -0.25) is 4.79 Å². The molecule has 0 aromatic heterocycles. The number of piperidine rings is 1. The average molecular weight is 270 g/mol. The Morgan fingerprint density at radius 1 is 1.44 bits per heavy atom. The molecule has 2 rings (SSSR count). The van der Waals surface area contributed by atoms with Crippen LogP contribution < -0.4 is 10.6 Å². The number of thioether (sulfide) groups is 1. The largest absolute Gasteiger partial charge is 0.353 e. The molecule has 0 bridgehead atoms. The Balaban J connectivity index is 1.94. The first-order chi connectivity index (χ1) is 8.77. The van der Waals surface area contributed by atoms with E-state index in [9.17, 15) is 4.79 Å². The van der Waals surface area contributed by atoms with E-state index in [4.69, 9.17) is 0 Å². The maximum absolute atomic E-state index is 12.6. The molecule has 0 spiro atoms. The lowest BCUT2D eigenvalue weighted by Crippen LogP contribution is -2.53. The van der Waals surface area contributed by atoms with Crippen LogP contribution in [0.5, 0.6) is 0 Å². The molecule has 0 aromatic rings. The Morgan fingerprint density at radius 3 is 2.83 bits per heavy atom. The van der Waals surface area contributed by atoms with Crippen molar-refractivity contribution in [1.29, 1.82) is 0 Å². The zero-order chi connectivity index (χ0) is 12.8. The molecule has 0 aliphatic carbocycles. The van der Waals surface area contributed by atoms with Crippen LogP contribution in [0.4, 0.5) is 0 Å². The molecule has 2 saturated heterocycles. The summed E-state index contributed by atoms with van der Waals surface area (Å²) in [5.74, 6) is 2.71. The first kappa shape index (κ1) is 14.2. The summed E-state index contributed by atoms with van der Waals surface area (Å²) in [6.07, 6.45) is 6.59. The summed E-state index contributed by atoms with van der Waals surface area (Å²) in [5.41, 5.74) is -0.127. The van der Waals surface area contributed by atoms with E-state index >= 15 is 0 Å². The van der Waals surface area contributed by atoms with E-state index in [-0.39, 0.29) is 5.41 Å². The van der Waals surface area contributed by atoms with E-state index in [1.807, 2.05) is 11.8 Å². The fourth-order valence-corrected chi connectivity index (χ4v) is 4.25. The third kappa shape index (κ3) is 3.41. The zero-order valence-corrected chi connectivity index (χ0v) is 12.3. The van der Waals surface area contributed by atoms with Gasteiger partial charge in [0.25, 0.3) is 0 Å². The predicted molar refractivity (Wildman–Crippen MR) is 77.9 cm³/mol. The van der Waals surface area contributed by atoms with Crippen LogP contribution in [-0.2, 0) is 4.79 Å². The number of hydrogen-bond donors (Lipinski definition) is 2. The first-order valence-electron chi connectivity index (χ1n) is 7.36. The van der Waals surface area contributed by atoms with Crippen LogP contribution in [0.1, 0.15) is 45.4 Å². The summed E-state index contributed by atoms with van der Waals surface area (Å²) in [7, 11) is 0. The highest BCUT2D eigenvalue weighted by Gasteiger charge is 2.39. The number of hydrogen-bond acceptors (Lipinski definition) is 3. The second-order valence-corrected chi connectivity index (χ2v) is 6.90. The zero-order valence-electron chi connectivity index (χ0n) is 11.5. The monoisotopic (exact) mass is 270 g/mol. The molecule has 0 aromatic carbocycles. The fraction of sp³-hybridized carbons (Fsp3) is 0.929. The highest BCUT2D eigenvalue weighted by Crippen LogP contribution is 2.32. The summed E-state index contributed by atoms with van der Waals surface area (Å²) < 4.78 is 0. The maximum atomic E-state index is 12.6. The van der Waals surface area contributed by atoms with Gasteiger partial charge in [0.1, 0.15) is 0 Å². The van der Waals surface area contributed by atoms with Crippen LogP contribution in [0.25, 0.3) is 0 Å². The van der Waals surface area contributed by atoms with Gasteiger partial charge in [-0.1, -0.05) is 13.3 Å². The molecule has 2 aliphatic rings. The molecule has 2 N–H and O–H groups in total. The Morgan fingerprint density at radius 2 is 2.22 bits per heavy atom. The van der Waals surface area contributed by atoms with Crippen molar-refractivity contribution in [2.75, 3.05) is 24.6 Å². The van der Waals surface area contributed by atoms with Crippen molar-refractivity contribution in [2.45, 2.75) is 51.5 Å². The van der Waals surface area contributed by atoms with Gasteiger partial charge in [0, 0.05) is 12.6 Å². The molecule has 2 fully saturated rings. The van der Waals surface area contributed by atoms with Gasteiger partial charge in [0.05, 0.1) is 5.41 Å². The predicted octanol–water partition coefficient (Wildman–Crippen LogP) is 2.17. The molecule has 2 aliphatic heterocycles. The summed E-state index contributed by atoms with van der Waals surface area (Å²) in [4.78, 5) is 12.6. The second kappa shape index (κ2) is 6.80. The Labute approximate surface area is 115 Å². The lowest BCUT2D eigenvalue weighted by Gasteiger charge is -2.38. The lowest BCUT2D eigenvalue weighted by molar-refractivity contribution is -0.133. The first-order valence-corrected chi connectivity index (χ1v) is 8.52. The van der Waals surface area contributed by atoms with Crippen molar-refractivity contribution in [3.05, 3.63) is 0 Å². The van der Waals surface area contributed by atoms with Crippen molar-refractivity contribution in [1.82, 2.24) is 10.6 Å². The third-order valence-electron chi connectivity index (χ3n) is 4.24. The molecular weight excluding hydrogens is 244 g/mol. The maximum Gasteiger partial charge on any atom is 0.227 e. The average Bonchev–Trinajstić information content (AvgIpc) is 2.41. The van der Waals surface area contributed by atoms with E-state index < -0.39 is 0 Å². The smallest absolute Gasteiger partial charge is 0.227 e. The van der Waals surface area contributed by atoms with Crippen LogP contribution in [-0.4, -0.2) is 36.5 Å². The SMILES string of the molecule is CCCC1(C(=O)NC2CCSCC2)CCCNC1. The Hall–Kier alpha value is -0.220. The molecule has 1 atom stereocenters. The van der Waals surface area contributed by atoms with E-state index in [0.717, 1.165) is 51.6 Å². The number of carbonyl (C=O) groups excluding carboxylic acids is 1. The van der Waals surface area contributed by atoms with Crippen LogP contribution in [0.15, 0.2) is 0 Å². The third-order valence-corrected chi connectivity index (χ3v) is 5.29. The molecule has 2 heterocycles. The number of rotatable bonds is 4. The normalized spacial score (nSPS) is 30.1. The second-order valence-electron chi connectivity index (χ2n) is 5.67. The van der Waals surface area contributed by atoms with Crippen LogP contribution in [0, 0.1) is 5.41 Å². The minimum absolute atomic E-state index is 0.127. The number of amides is 1. The Bertz CT molecular complexity index is 265. The van der Waals surface area contributed by atoms with Crippen LogP contribution >= 0.6 is 11.8 Å². The summed E-state index contributed by atoms with van der Waals surface area (Å²) in [6, 6.07) is 0.425. The minimum Gasteiger partial charge on any atom is -0.353 e. The van der Waals surface area contributed by atoms with Gasteiger partial charge < -0.3 is 10.6 Å². The highest BCUT2D eigenvalue weighted by atomic mass is 32.2. The number of carbonyl (C=O) groups is 1. The molecule has 18 heavy (non-hydrogen) atoms. The Kier molecular flexibility index (Phi) is 5.37. The summed E-state index contributed by atoms with van der Waals surface area (Å²) in [5, 5.41) is 6.74. The molecule has 1 unspecified atom stereocenters. The highest BCUT2D eigenvalue weighted by molar-refractivity contribution is 7.99. The quantitative estimate of drug-likeness (QED) is 0.822. The van der Waals surface area contributed by atoms with Gasteiger partial charge in [0.15, 0.2) is 0 Å². The van der Waals surface area contributed by atoms with Gasteiger partial charge in [0.2, 0.25) is 5.91 Å². The van der Waals surface area contributed by atoms with Crippen molar-refractivity contribution >= 4 is 17.7 Å². The summed E-state index contributed by atoms with van der Waals surface area (Å²) in [6.45, 7) is 4.12. The van der Waals surface area contributed by atoms with Crippen LogP contribution in [0.2, 0.25) is 0 Å². The molecule has 3 nitrogen and oxygen atoms in total. The van der Waals surface area contributed by atoms with E-state index in [1.165, 1.54) is 11.5 Å². The van der Waals surface area contributed by atoms with E-state index in [2.05, 4.69) is 17.6 Å². The van der Waals surface area contributed by atoms with E-state index in [0.29, 0.717) is 11.9 Å². The minimum atomic E-state index is -0.127. The van der Waals surface area contributed by atoms with Crippen molar-refractivity contribution in [2.24, 2.45) is 5.41 Å². The van der Waals surface area contributed by atoms with Crippen molar-refractivity contribution in [3.8, 4) is 0 Å². The van der Waals surface area contributed by atoms with Crippen molar-refractivity contribution < 1.29 is 4.79 Å². The molecule has 0 saturated carbocycles. The molecule has 104 valence electrons. The van der Waals surface area contributed by atoms with Gasteiger partial charge in [-0.15, -0.1) is 0 Å². The van der Waals surface area contributed by atoms with Gasteiger partial charge in [-0.25, -0.2) is 0 Å².